The molecule has 4 aromatic rings. The summed E-state index contributed by atoms with van der Waals surface area (Å²) in [6.45, 7) is 2.26. The summed E-state index contributed by atoms with van der Waals surface area (Å²) in [6.07, 6.45) is 4.21. The van der Waals surface area contributed by atoms with Gasteiger partial charge in [0.2, 0.25) is 5.95 Å². The smallest absolute Gasteiger partial charge is 0.293 e. The average Bonchev–Trinajstić information content (AvgIpc) is 3.26. The Labute approximate surface area is 163 Å². The van der Waals surface area contributed by atoms with E-state index in [1.54, 1.807) is 30.1 Å². The number of nitro benzene ring substituents is 1. The van der Waals surface area contributed by atoms with Crippen molar-refractivity contribution < 1.29 is 14.1 Å². The number of non-ortho nitro benzene ring substituents is 1. The normalized spacial score (nSPS) is 11.0. The van der Waals surface area contributed by atoms with Gasteiger partial charge in [-0.15, -0.1) is 5.10 Å². The van der Waals surface area contributed by atoms with Gasteiger partial charge in [0, 0.05) is 30.3 Å². The number of H-pyrrole nitrogens is 1. The van der Waals surface area contributed by atoms with Gasteiger partial charge in [-0.25, -0.2) is 14.4 Å². The number of aryl methyl sites for hydroxylation is 1. The molecule has 148 valence electrons. The van der Waals surface area contributed by atoms with E-state index in [-0.39, 0.29) is 17.3 Å². The van der Waals surface area contributed by atoms with Crippen LogP contribution in [-0.2, 0) is 7.05 Å². The standard InChI is InChI=1S/C18H16FN7O3/c1-3-29-17-13(9-25(2)24-17)22-18-21-8-12(19)15(23-18)11-7-20-16-10(11)5-4-6-14(16)26(27)28/h4-9,20H,3H2,1-2H3,(H,21,22,23). The van der Waals surface area contributed by atoms with E-state index in [1.165, 1.54) is 12.3 Å². The number of rotatable bonds is 6. The number of nitrogens with zero attached hydrogens (tertiary/aromatic N) is 5. The molecule has 0 spiro atoms. The molecule has 29 heavy (non-hydrogen) atoms. The summed E-state index contributed by atoms with van der Waals surface area (Å²) < 4.78 is 21.5. The molecule has 0 fully saturated rings. The van der Waals surface area contributed by atoms with Crippen LogP contribution in [0.15, 0.2) is 36.8 Å². The molecule has 0 aliphatic rings. The summed E-state index contributed by atoms with van der Waals surface area (Å²) in [5, 5.41) is 18.9. The van der Waals surface area contributed by atoms with E-state index < -0.39 is 10.7 Å². The Morgan fingerprint density at radius 1 is 1.41 bits per heavy atom. The number of ether oxygens (including phenoxy) is 1. The fourth-order valence-corrected chi connectivity index (χ4v) is 3.02. The molecule has 0 aliphatic heterocycles. The van der Waals surface area contributed by atoms with E-state index in [9.17, 15) is 14.5 Å². The SMILES string of the molecule is CCOc1nn(C)cc1Nc1ncc(F)c(-c2c[nH]c3c([N+](=O)[O-])cccc23)n1. The summed E-state index contributed by atoms with van der Waals surface area (Å²) in [5.41, 5.74) is 1.13. The second-order valence-electron chi connectivity index (χ2n) is 6.13. The van der Waals surface area contributed by atoms with Gasteiger partial charge < -0.3 is 15.0 Å². The topological polar surface area (TPSA) is 124 Å². The van der Waals surface area contributed by atoms with Crippen LogP contribution in [0.5, 0.6) is 5.88 Å². The zero-order chi connectivity index (χ0) is 20.5. The maximum Gasteiger partial charge on any atom is 0.293 e. The number of fused-ring (bicyclic) bond motifs is 1. The van der Waals surface area contributed by atoms with Crippen LogP contribution in [0.2, 0.25) is 0 Å². The van der Waals surface area contributed by atoms with Crippen molar-refractivity contribution in [3.63, 3.8) is 0 Å². The van der Waals surface area contributed by atoms with Crippen LogP contribution in [0, 0.1) is 15.9 Å². The van der Waals surface area contributed by atoms with Gasteiger partial charge in [0.1, 0.15) is 16.9 Å². The summed E-state index contributed by atoms with van der Waals surface area (Å²) in [7, 11) is 1.74. The number of anilines is 2. The molecule has 2 N–H and O–H groups in total. The van der Waals surface area contributed by atoms with Crippen LogP contribution >= 0.6 is 0 Å². The quantitative estimate of drug-likeness (QED) is 0.377. The van der Waals surface area contributed by atoms with Crippen molar-refractivity contribution in [2.24, 2.45) is 7.05 Å². The Kier molecular flexibility index (Phi) is 4.55. The van der Waals surface area contributed by atoms with Crippen molar-refractivity contribution in [1.82, 2.24) is 24.7 Å². The molecule has 3 heterocycles. The molecule has 11 heteroatoms. The average molecular weight is 397 g/mol. The van der Waals surface area contributed by atoms with Crippen LogP contribution in [0.25, 0.3) is 22.2 Å². The molecule has 10 nitrogen and oxygen atoms in total. The molecule has 3 aromatic heterocycles. The van der Waals surface area contributed by atoms with Gasteiger partial charge in [-0.1, -0.05) is 12.1 Å². The summed E-state index contributed by atoms with van der Waals surface area (Å²) in [5.74, 6) is -0.151. The number of para-hydroxylation sites is 1. The van der Waals surface area contributed by atoms with Crippen molar-refractivity contribution in [1.29, 1.82) is 0 Å². The van der Waals surface area contributed by atoms with Crippen LogP contribution in [0.4, 0.5) is 21.7 Å². The molecular weight excluding hydrogens is 381 g/mol. The minimum Gasteiger partial charge on any atom is -0.475 e. The molecule has 0 amide bonds. The van der Waals surface area contributed by atoms with Gasteiger partial charge in [0.05, 0.1) is 23.9 Å². The zero-order valence-corrected chi connectivity index (χ0v) is 15.5. The van der Waals surface area contributed by atoms with E-state index in [0.29, 0.717) is 34.6 Å². The van der Waals surface area contributed by atoms with Gasteiger partial charge >= 0.3 is 0 Å². The third-order valence-electron chi connectivity index (χ3n) is 4.21. The third kappa shape index (κ3) is 3.33. The van der Waals surface area contributed by atoms with Crippen molar-refractivity contribution in [3.05, 3.63) is 52.7 Å². The van der Waals surface area contributed by atoms with Crippen LogP contribution in [0.3, 0.4) is 0 Å². The lowest BCUT2D eigenvalue weighted by atomic mass is 10.1. The molecule has 4 rings (SSSR count). The fraction of sp³-hybridized carbons (Fsp3) is 0.167. The van der Waals surface area contributed by atoms with Crippen LogP contribution in [0.1, 0.15) is 6.92 Å². The predicted octanol–water partition coefficient (Wildman–Crippen LogP) is 3.55. The lowest BCUT2D eigenvalue weighted by molar-refractivity contribution is -0.383. The van der Waals surface area contributed by atoms with Gasteiger partial charge in [-0.05, 0) is 6.92 Å². The van der Waals surface area contributed by atoms with Gasteiger partial charge in [0.25, 0.3) is 11.6 Å². The highest BCUT2D eigenvalue weighted by molar-refractivity contribution is 5.99. The first kappa shape index (κ1) is 18.3. The number of hydrogen-bond acceptors (Lipinski definition) is 7. The summed E-state index contributed by atoms with van der Waals surface area (Å²) in [6, 6.07) is 4.58. The first-order valence-corrected chi connectivity index (χ1v) is 8.68. The predicted molar refractivity (Wildman–Crippen MR) is 104 cm³/mol. The molecule has 1 aromatic carbocycles. The second-order valence-corrected chi connectivity index (χ2v) is 6.13. The van der Waals surface area contributed by atoms with E-state index in [2.05, 4.69) is 25.4 Å². The molecule has 0 saturated carbocycles. The van der Waals surface area contributed by atoms with Crippen molar-refractivity contribution in [2.45, 2.75) is 6.92 Å². The number of benzene rings is 1. The first-order chi connectivity index (χ1) is 14.0. The largest absolute Gasteiger partial charge is 0.475 e. The minimum atomic E-state index is -0.654. The number of hydrogen-bond donors (Lipinski definition) is 2. The Morgan fingerprint density at radius 2 is 2.24 bits per heavy atom. The molecule has 0 aliphatic carbocycles. The van der Waals surface area contributed by atoms with E-state index in [0.717, 1.165) is 6.20 Å². The van der Waals surface area contributed by atoms with Gasteiger partial charge in [-0.2, -0.15) is 0 Å². The fourth-order valence-electron chi connectivity index (χ4n) is 3.02. The van der Waals surface area contributed by atoms with Crippen molar-refractivity contribution in [2.75, 3.05) is 11.9 Å². The van der Waals surface area contributed by atoms with Crippen LogP contribution in [-0.4, -0.2) is 36.3 Å². The molecule has 0 bridgehead atoms. The maximum atomic E-state index is 14.5. The number of halogens is 1. The monoisotopic (exact) mass is 397 g/mol. The third-order valence-corrected chi connectivity index (χ3v) is 4.21. The summed E-state index contributed by atoms with van der Waals surface area (Å²) >= 11 is 0. The van der Waals surface area contributed by atoms with E-state index in [1.807, 2.05) is 6.92 Å². The molecule has 0 unspecified atom stereocenters. The lowest BCUT2D eigenvalue weighted by Crippen LogP contribution is -2.02. The Morgan fingerprint density at radius 3 is 3.00 bits per heavy atom. The molecule has 0 atom stereocenters. The van der Waals surface area contributed by atoms with Crippen molar-refractivity contribution in [3.8, 4) is 17.1 Å². The number of nitrogens with one attached hydrogen (secondary N) is 2. The molecule has 0 radical (unpaired) electrons. The van der Waals surface area contributed by atoms with Gasteiger partial charge in [0.15, 0.2) is 5.82 Å². The highest BCUT2D eigenvalue weighted by atomic mass is 19.1. The van der Waals surface area contributed by atoms with Gasteiger partial charge in [-0.3, -0.25) is 14.8 Å². The molecular formula is C18H16FN7O3. The first-order valence-electron chi connectivity index (χ1n) is 8.68. The second kappa shape index (κ2) is 7.19. The zero-order valence-electron chi connectivity index (χ0n) is 15.5. The Hall–Kier alpha value is -4.02. The van der Waals surface area contributed by atoms with Crippen LogP contribution < -0.4 is 10.1 Å². The lowest BCUT2D eigenvalue weighted by Gasteiger charge is -2.07. The summed E-state index contributed by atoms with van der Waals surface area (Å²) in [4.78, 5) is 21.8. The van der Waals surface area contributed by atoms with E-state index in [4.69, 9.17) is 4.74 Å². The van der Waals surface area contributed by atoms with Crippen molar-refractivity contribution >= 4 is 28.2 Å². The highest BCUT2D eigenvalue weighted by Gasteiger charge is 2.20. The number of aromatic amines is 1. The molecule has 0 saturated heterocycles. The Balaban J connectivity index is 1.76. The minimum absolute atomic E-state index is 0.0103. The Bertz CT molecular complexity index is 1220. The maximum absolute atomic E-state index is 14.5. The van der Waals surface area contributed by atoms with E-state index >= 15 is 0 Å². The number of nitro groups is 1. The number of aromatic nitrogens is 5. The highest BCUT2D eigenvalue weighted by Crippen LogP contribution is 2.34.